The van der Waals surface area contributed by atoms with Crippen LogP contribution in [0.1, 0.15) is 28.3 Å². The van der Waals surface area contributed by atoms with Crippen molar-refractivity contribution >= 4 is 11.3 Å². The lowest BCUT2D eigenvalue weighted by molar-refractivity contribution is 0.591. The number of thiophene rings is 1. The van der Waals surface area contributed by atoms with Gasteiger partial charge in [0.25, 0.3) is 0 Å². The smallest absolute Gasteiger partial charge is 0.0369 e. The molecule has 0 aliphatic rings. The lowest BCUT2D eigenvalue weighted by atomic mass is 9.98. The van der Waals surface area contributed by atoms with Crippen molar-refractivity contribution in [2.45, 2.75) is 26.3 Å². The predicted molar refractivity (Wildman–Crippen MR) is 75.7 cm³/mol. The predicted octanol–water partition coefficient (Wildman–Crippen LogP) is 3.87. The van der Waals surface area contributed by atoms with Gasteiger partial charge in [-0.15, -0.1) is 0 Å². The largest absolute Gasteiger partial charge is 0.313 e. The lowest BCUT2D eigenvalue weighted by Gasteiger charge is -2.16. The maximum atomic E-state index is 3.42. The molecule has 1 unspecified atom stereocenters. The molecule has 0 radical (unpaired) electrons. The van der Waals surface area contributed by atoms with Gasteiger partial charge in [0.1, 0.15) is 0 Å². The van der Waals surface area contributed by atoms with Gasteiger partial charge in [0.15, 0.2) is 0 Å². The van der Waals surface area contributed by atoms with Crippen molar-refractivity contribution in [3.63, 3.8) is 0 Å². The highest BCUT2D eigenvalue weighted by Crippen LogP contribution is 2.24. The van der Waals surface area contributed by atoms with E-state index in [0.29, 0.717) is 6.04 Å². The number of hydrogen-bond acceptors (Lipinski definition) is 2. The molecule has 1 nitrogen and oxygen atoms in total. The molecular weight excluding hydrogens is 226 g/mol. The van der Waals surface area contributed by atoms with Crippen molar-refractivity contribution in [3.05, 3.63) is 57.3 Å². The third-order valence-electron chi connectivity index (χ3n) is 3.18. The molecule has 17 heavy (non-hydrogen) atoms. The maximum absolute atomic E-state index is 3.42. The van der Waals surface area contributed by atoms with E-state index in [0.717, 1.165) is 6.42 Å². The average molecular weight is 245 g/mol. The fourth-order valence-corrected chi connectivity index (χ4v) is 2.96. The molecule has 1 heterocycles. The summed E-state index contributed by atoms with van der Waals surface area (Å²) in [6, 6.07) is 9.23. The topological polar surface area (TPSA) is 12.0 Å². The SMILES string of the molecule is CNC(Cc1ccc(C)cc1)c1cscc1C. The molecule has 0 aliphatic carbocycles. The second kappa shape index (κ2) is 5.48. The molecule has 2 heteroatoms. The second-order valence-corrected chi connectivity index (χ2v) is 5.28. The minimum absolute atomic E-state index is 0.420. The first-order chi connectivity index (χ1) is 8.20. The quantitative estimate of drug-likeness (QED) is 0.862. The van der Waals surface area contributed by atoms with Crippen molar-refractivity contribution in [3.8, 4) is 0 Å². The number of hydrogen-bond donors (Lipinski definition) is 1. The molecule has 1 aromatic heterocycles. The summed E-state index contributed by atoms with van der Waals surface area (Å²) in [6.45, 7) is 4.31. The summed E-state index contributed by atoms with van der Waals surface area (Å²) in [5.74, 6) is 0. The van der Waals surface area contributed by atoms with Crippen LogP contribution in [0.15, 0.2) is 35.0 Å². The van der Waals surface area contributed by atoms with Gasteiger partial charge < -0.3 is 5.32 Å². The van der Waals surface area contributed by atoms with E-state index in [-0.39, 0.29) is 0 Å². The normalized spacial score (nSPS) is 12.6. The van der Waals surface area contributed by atoms with E-state index < -0.39 is 0 Å². The Morgan fingerprint density at radius 1 is 1.12 bits per heavy atom. The van der Waals surface area contributed by atoms with E-state index >= 15 is 0 Å². The van der Waals surface area contributed by atoms with E-state index in [4.69, 9.17) is 0 Å². The van der Waals surface area contributed by atoms with Crippen LogP contribution in [0.4, 0.5) is 0 Å². The van der Waals surface area contributed by atoms with Crippen LogP contribution in [0, 0.1) is 13.8 Å². The van der Waals surface area contributed by atoms with Crippen LogP contribution in [-0.2, 0) is 6.42 Å². The van der Waals surface area contributed by atoms with Crippen molar-refractivity contribution in [1.82, 2.24) is 5.32 Å². The standard InChI is InChI=1S/C15H19NS/c1-11-4-6-13(7-5-11)8-15(16-3)14-10-17-9-12(14)2/h4-7,9-10,15-16H,8H2,1-3H3. The van der Waals surface area contributed by atoms with Crippen LogP contribution in [0.25, 0.3) is 0 Å². The summed E-state index contributed by atoms with van der Waals surface area (Å²) in [4.78, 5) is 0. The van der Waals surface area contributed by atoms with Gasteiger partial charge in [0.05, 0.1) is 0 Å². The zero-order valence-corrected chi connectivity index (χ0v) is 11.5. The zero-order valence-electron chi connectivity index (χ0n) is 10.7. The molecule has 0 spiro atoms. The fourth-order valence-electron chi connectivity index (χ4n) is 2.05. The molecule has 1 N–H and O–H groups in total. The molecule has 2 rings (SSSR count). The Hall–Kier alpha value is -1.12. The van der Waals surface area contributed by atoms with E-state index in [1.165, 1.54) is 22.3 Å². The number of rotatable bonds is 4. The minimum atomic E-state index is 0.420. The number of likely N-dealkylation sites (N-methyl/N-ethyl adjacent to an activating group) is 1. The monoisotopic (exact) mass is 245 g/mol. The van der Waals surface area contributed by atoms with E-state index in [1.807, 2.05) is 7.05 Å². The highest BCUT2D eigenvalue weighted by Gasteiger charge is 2.12. The molecular formula is C15H19NS. The number of aryl methyl sites for hydroxylation is 2. The van der Waals surface area contributed by atoms with Gasteiger partial charge in [0, 0.05) is 6.04 Å². The van der Waals surface area contributed by atoms with Crippen LogP contribution in [0.2, 0.25) is 0 Å². The molecule has 90 valence electrons. The molecule has 0 saturated carbocycles. The van der Waals surface area contributed by atoms with E-state index in [1.54, 1.807) is 11.3 Å². The number of nitrogens with one attached hydrogen (secondary N) is 1. The summed E-state index contributed by atoms with van der Waals surface area (Å²) in [5, 5.41) is 7.89. The highest BCUT2D eigenvalue weighted by molar-refractivity contribution is 7.08. The Morgan fingerprint density at radius 3 is 2.35 bits per heavy atom. The van der Waals surface area contributed by atoms with E-state index in [2.05, 4.69) is 54.2 Å². The zero-order chi connectivity index (χ0) is 12.3. The summed E-state index contributed by atoms with van der Waals surface area (Å²) >= 11 is 1.78. The van der Waals surface area contributed by atoms with Gasteiger partial charge in [-0.05, 0) is 54.8 Å². The third-order valence-corrected chi connectivity index (χ3v) is 4.06. The summed E-state index contributed by atoms with van der Waals surface area (Å²) in [6.07, 6.45) is 1.05. The highest BCUT2D eigenvalue weighted by atomic mass is 32.1. The molecule has 0 fully saturated rings. The van der Waals surface area contributed by atoms with Crippen LogP contribution >= 0.6 is 11.3 Å². The first kappa shape index (κ1) is 12.3. The fraction of sp³-hybridized carbons (Fsp3) is 0.333. The van der Waals surface area contributed by atoms with Crippen LogP contribution in [0.5, 0.6) is 0 Å². The molecule has 1 aromatic carbocycles. The van der Waals surface area contributed by atoms with Crippen molar-refractivity contribution < 1.29 is 0 Å². The van der Waals surface area contributed by atoms with Crippen LogP contribution in [-0.4, -0.2) is 7.05 Å². The third kappa shape index (κ3) is 2.96. The molecule has 0 aliphatic heterocycles. The molecule has 0 bridgehead atoms. The molecule has 2 aromatic rings. The summed E-state index contributed by atoms with van der Waals surface area (Å²) in [7, 11) is 2.04. The van der Waals surface area contributed by atoms with Crippen molar-refractivity contribution in [2.24, 2.45) is 0 Å². The van der Waals surface area contributed by atoms with E-state index in [9.17, 15) is 0 Å². The van der Waals surface area contributed by atoms with Gasteiger partial charge in [-0.25, -0.2) is 0 Å². The Labute approximate surface area is 108 Å². The maximum Gasteiger partial charge on any atom is 0.0369 e. The number of benzene rings is 1. The lowest BCUT2D eigenvalue weighted by Crippen LogP contribution is -2.19. The van der Waals surface area contributed by atoms with Crippen molar-refractivity contribution in [1.29, 1.82) is 0 Å². The Kier molecular flexibility index (Phi) is 3.97. The first-order valence-electron chi connectivity index (χ1n) is 5.96. The summed E-state index contributed by atoms with van der Waals surface area (Å²) in [5.41, 5.74) is 5.53. The van der Waals surface area contributed by atoms with Gasteiger partial charge in [-0.2, -0.15) is 11.3 Å². The Balaban J connectivity index is 2.16. The minimum Gasteiger partial charge on any atom is -0.313 e. The molecule has 0 amide bonds. The van der Waals surface area contributed by atoms with Gasteiger partial charge >= 0.3 is 0 Å². The molecule has 1 atom stereocenters. The van der Waals surface area contributed by atoms with Crippen molar-refractivity contribution in [2.75, 3.05) is 7.05 Å². The summed E-state index contributed by atoms with van der Waals surface area (Å²) < 4.78 is 0. The van der Waals surface area contributed by atoms with Crippen LogP contribution in [0.3, 0.4) is 0 Å². The molecule has 0 saturated heterocycles. The Morgan fingerprint density at radius 2 is 1.82 bits per heavy atom. The Bertz CT molecular complexity index is 470. The van der Waals surface area contributed by atoms with Gasteiger partial charge in [0.2, 0.25) is 0 Å². The average Bonchev–Trinajstić information content (AvgIpc) is 2.75. The van der Waals surface area contributed by atoms with Gasteiger partial charge in [-0.3, -0.25) is 0 Å². The second-order valence-electron chi connectivity index (χ2n) is 4.54. The first-order valence-corrected chi connectivity index (χ1v) is 6.90. The van der Waals surface area contributed by atoms with Gasteiger partial charge in [-0.1, -0.05) is 29.8 Å². The van der Waals surface area contributed by atoms with Crippen LogP contribution < -0.4 is 5.32 Å².